The van der Waals surface area contributed by atoms with Crippen LogP contribution < -0.4 is 0 Å². The van der Waals surface area contributed by atoms with Gasteiger partial charge < -0.3 is 4.74 Å². The summed E-state index contributed by atoms with van der Waals surface area (Å²) in [5.41, 5.74) is 1.59. The molecule has 0 saturated carbocycles. The van der Waals surface area contributed by atoms with Gasteiger partial charge in [-0.25, -0.2) is 4.79 Å². The number of benzene rings is 1. The number of rotatable bonds is 3. The minimum absolute atomic E-state index is 0.405. The highest BCUT2D eigenvalue weighted by Gasteiger charge is 2.10. The summed E-state index contributed by atoms with van der Waals surface area (Å²) < 4.78 is 4.49. The van der Waals surface area contributed by atoms with E-state index in [4.69, 9.17) is 0 Å². The predicted molar refractivity (Wildman–Crippen MR) is 61.2 cm³/mol. The Kier molecular flexibility index (Phi) is 4.23. The van der Waals surface area contributed by atoms with Crippen molar-refractivity contribution in [3.63, 3.8) is 0 Å². The van der Waals surface area contributed by atoms with E-state index in [1.54, 1.807) is 12.1 Å². The van der Waals surface area contributed by atoms with E-state index in [2.05, 4.69) is 18.6 Å². The van der Waals surface area contributed by atoms with E-state index in [1.807, 2.05) is 12.1 Å². The van der Waals surface area contributed by atoms with Crippen molar-refractivity contribution >= 4 is 11.9 Å². The summed E-state index contributed by atoms with van der Waals surface area (Å²) in [6, 6.07) is 7.16. The van der Waals surface area contributed by atoms with Crippen LogP contribution in [0.5, 0.6) is 0 Å². The number of ether oxygens (including phenoxy) is 1. The zero-order valence-corrected chi connectivity index (χ0v) is 9.82. The lowest BCUT2D eigenvalue weighted by Gasteiger charge is -2.08. The molecule has 0 heterocycles. The fourth-order valence-electron chi connectivity index (χ4n) is 1.37. The lowest BCUT2D eigenvalue weighted by Crippen LogP contribution is -2.09. The molecular weight excluding hydrogens is 204 g/mol. The molecule has 1 aromatic rings. The minimum Gasteiger partial charge on any atom is -0.390 e. The van der Waals surface area contributed by atoms with Gasteiger partial charge in [0, 0.05) is 6.92 Å². The van der Waals surface area contributed by atoms with Crippen LogP contribution in [0.3, 0.4) is 0 Å². The summed E-state index contributed by atoms with van der Waals surface area (Å²) in [6.07, 6.45) is 1.05. The monoisotopic (exact) mass is 220 g/mol. The first-order valence-electron chi connectivity index (χ1n) is 5.37. The number of carbonyl (C=O) groups excluding carboxylic acids is 2. The van der Waals surface area contributed by atoms with Crippen LogP contribution in [0.1, 0.15) is 49.0 Å². The molecule has 0 aliphatic carbocycles. The van der Waals surface area contributed by atoms with Gasteiger partial charge in [-0.2, -0.15) is 0 Å². The Hall–Kier alpha value is -1.64. The largest absolute Gasteiger partial charge is 0.390 e. The molecule has 0 spiro atoms. The van der Waals surface area contributed by atoms with E-state index in [0.717, 1.165) is 6.42 Å². The van der Waals surface area contributed by atoms with Gasteiger partial charge in [0.15, 0.2) is 0 Å². The Morgan fingerprint density at radius 2 is 1.81 bits per heavy atom. The standard InChI is InChI=1S/C13H16O3/c1-4-9(2)11-5-7-12(8-6-11)13(15)16-10(3)14/h5-9H,4H2,1-3H3. The van der Waals surface area contributed by atoms with Gasteiger partial charge in [-0.3, -0.25) is 4.79 Å². The van der Waals surface area contributed by atoms with Crippen LogP contribution in [-0.2, 0) is 9.53 Å². The van der Waals surface area contributed by atoms with Crippen molar-refractivity contribution in [3.8, 4) is 0 Å². The number of hydrogen-bond donors (Lipinski definition) is 0. The summed E-state index contributed by atoms with van der Waals surface area (Å²) in [6.45, 7) is 5.46. The molecule has 1 rings (SSSR count). The Bertz CT molecular complexity index is 379. The smallest absolute Gasteiger partial charge is 0.345 e. The molecule has 0 saturated heterocycles. The van der Waals surface area contributed by atoms with Gasteiger partial charge >= 0.3 is 11.9 Å². The molecule has 16 heavy (non-hydrogen) atoms. The van der Waals surface area contributed by atoms with Crippen molar-refractivity contribution in [2.75, 3.05) is 0 Å². The van der Waals surface area contributed by atoms with E-state index in [9.17, 15) is 9.59 Å². The van der Waals surface area contributed by atoms with Crippen molar-refractivity contribution in [2.45, 2.75) is 33.1 Å². The van der Waals surface area contributed by atoms with Crippen LogP contribution in [0.25, 0.3) is 0 Å². The number of esters is 2. The van der Waals surface area contributed by atoms with Crippen molar-refractivity contribution in [3.05, 3.63) is 35.4 Å². The van der Waals surface area contributed by atoms with E-state index < -0.39 is 11.9 Å². The van der Waals surface area contributed by atoms with Crippen molar-refractivity contribution in [2.24, 2.45) is 0 Å². The molecule has 0 bridgehead atoms. The number of carbonyl (C=O) groups is 2. The Balaban J connectivity index is 2.78. The van der Waals surface area contributed by atoms with Crippen LogP contribution in [0.4, 0.5) is 0 Å². The summed E-state index contributed by atoms with van der Waals surface area (Å²) in [5, 5.41) is 0. The maximum atomic E-state index is 11.4. The molecule has 0 aliphatic heterocycles. The van der Waals surface area contributed by atoms with Gasteiger partial charge in [-0.05, 0) is 30.0 Å². The van der Waals surface area contributed by atoms with E-state index in [0.29, 0.717) is 11.5 Å². The first-order valence-corrected chi connectivity index (χ1v) is 5.37. The first kappa shape index (κ1) is 12.4. The Morgan fingerprint density at radius 3 is 2.25 bits per heavy atom. The van der Waals surface area contributed by atoms with Gasteiger partial charge in [0.2, 0.25) is 0 Å². The summed E-state index contributed by atoms with van der Waals surface area (Å²) in [4.78, 5) is 22.0. The summed E-state index contributed by atoms with van der Waals surface area (Å²) in [7, 11) is 0. The van der Waals surface area contributed by atoms with Crippen LogP contribution in [-0.4, -0.2) is 11.9 Å². The molecule has 0 fully saturated rings. The molecule has 3 heteroatoms. The second-order valence-corrected chi connectivity index (χ2v) is 3.81. The Morgan fingerprint density at radius 1 is 1.25 bits per heavy atom. The van der Waals surface area contributed by atoms with Gasteiger partial charge in [-0.1, -0.05) is 26.0 Å². The highest BCUT2D eigenvalue weighted by atomic mass is 16.6. The Labute approximate surface area is 95.4 Å². The first-order chi connectivity index (χ1) is 7.54. The normalized spacial score (nSPS) is 11.9. The second kappa shape index (κ2) is 5.45. The van der Waals surface area contributed by atoms with Crippen LogP contribution in [0.2, 0.25) is 0 Å². The molecule has 3 nitrogen and oxygen atoms in total. The third-order valence-electron chi connectivity index (χ3n) is 2.56. The van der Waals surface area contributed by atoms with Gasteiger partial charge in [0.1, 0.15) is 0 Å². The quantitative estimate of drug-likeness (QED) is 0.581. The van der Waals surface area contributed by atoms with Gasteiger partial charge in [0.05, 0.1) is 5.56 Å². The van der Waals surface area contributed by atoms with Crippen molar-refractivity contribution in [1.29, 1.82) is 0 Å². The average molecular weight is 220 g/mol. The molecule has 0 amide bonds. The second-order valence-electron chi connectivity index (χ2n) is 3.81. The van der Waals surface area contributed by atoms with Crippen molar-refractivity contribution in [1.82, 2.24) is 0 Å². The molecule has 1 aromatic carbocycles. The fourth-order valence-corrected chi connectivity index (χ4v) is 1.37. The van der Waals surface area contributed by atoms with Crippen molar-refractivity contribution < 1.29 is 14.3 Å². The van der Waals surface area contributed by atoms with E-state index in [-0.39, 0.29) is 0 Å². The molecule has 0 radical (unpaired) electrons. The molecule has 1 unspecified atom stereocenters. The molecular formula is C13H16O3. The van der Waals surface area contributed by atoms with Gasteiger partial charge in [0.25, 0.3) is 0 Å². The van der Waals surface area contributed by atoms with E-state index >= 15 is 0 Å². The summed E-state index contributed by atoms with van der Waals surface area (Å²) >= 11 is 0. The maximum absolute atomic E-state index is 11.4. The summed E-state index contributed by atoms with van der Waals surface area (Å²) in [5.74, 6) is -0.711. The molecule has 86 valence electrons. The van der Waals surface area contributed by atoms with Crippen LogP contribution >= 0.6 is 0 Å². The zero-order chi connectivity index (χ0) is 12.1. The van der Waals surface area contributed by atoms with E-state index in [1.165, 1.54) is 12.5 Å². The highest BCUT2D eigenvalue weighted by molar-refractivity contribution is 5.96. The lowest BCUT2D eigenvalue weighted by molar-refractivity contribution is -0.135. The van der Waals surface area contributed by atoms with Crippen LogP contribution in [0.15, 0.2) is 24.3 Å². The topological polar surface area (TPSA) is 43.4 Å². The lowest BCUT2D eigenvalue weighted by atomic mass is 9.98. The average Bonchev–Trinajstić information content (AvgIpc) is 2.27. The highest BCUT2D eigenvalue weighted by Crippen LogP contribution is 2.18. The third kappa shape index (κ3) is 3.19. The molecule has 0 aromatic heterocycles. The zero-order valence-electron chi connectivity index (χ0n) is 9.82. The van der Waals surface area contributed by atoms with Gasteiger partial charge in [-0.15, -0.1) is 0 Å². The SMILES string of the molecule is CCC(C)c1ccc(C(=O)OC(C)=O)cc1. The number of hydrogen-bond acceptors (Lipinski definition) is 3. The van der Waals surface area contributed by atoms with Crippen LogP contribution in [0, 0.1) is 0 Å². The maximum Gasteiger partial charge on any atom is 0.345 e. The predicted octanol–water partition coefficient (Wildman–Crippen LogP) is 2.90. The third-order valence-corrected chi connectivity index (χ3v) is 2.56. The molecule has 0 aliphatic rings. The molecule has 0 N–H and O–H groups in total. The minimum atomic E-state index is -0.594. The fraction of sp³-hybridized carbons (Fsp3) is 0.385. The molecule has 1 atom stereocenters.